The van der Waals surface area contributed by atoms with E-state index in [4.69, 9.17) is 0 Å². The van der Waals surface area contributed by atoms with Crippen LogP contribution in [0.1, 0.15) is 111 Å². The molecule has 0 radical (unpaired) electrons. The summed E-state index contributed by atoms with van der Waals surface area (Å²) in [6.45, 7) is 32.0. The first kappa shape index (κ1) is 58.1. The average molecular weight is 827 g/mol. The van der Waals surface area contributed by atoms with E-state index in [1.54, 1.807) is 0 Å². The average Bonchev–Trinajstić information content (AvgIpc) is 3.41. The van der Waals surface area contributed by atoms with Gasteiger partial charge in [-0.05, 0) is 76.8 Å². The predicted molar refractivity (Wildman–Crippen MR) is 293 cm³/mol. The molecule has 0 bridgehead atoms. The van der Waals surface area contributed by atoms with Crippen LogP contribution in [0.4, 0.5) is 0 Å². The highest BCUT2D eigenvalue weighted by Gasteiger charge is 2.06. The lowest BCUT2D eigenvalue weighted by Crippen LogP contribution is -1.82. The second-order valence-electron chi connectivity index (χ2n) is 11.3. The number of benzene rings is 10. The molecule has 10 aromatic carbocycles. The molecule has 0 atom stereocenters. The largest absolute Gasteiger partial charge is 0.0683 e. The molecular weight excluding hydrogens is 745 g/mol. The molecule has 0 saturated carbocycles. The zero-order valence-corrected chi connectivity index (χ0v) is 41.6. The first-order valence-electron chi connectivity index (χ1n) is 23.8. The second-order valence-corrected chi connectivity index (χ2v) is 11.3. The van der Waals surface area contributed by atoms with E-state index in [-0.39, 0.29) is 0 Å². The van der Waals surface area contributed by atoms with Crippen LogP contribution in [-0.4, -0.2) is 0 Å². The van der Waals surface area contributed by atoms with Gasteiger partial charge in [0.1, 0.15) is 0 Å². The molecule has 0 N–H and O–H groups in total. The molecule has 10 rings (SSSR count). The van der Waals surface area contributed by atoms with Gasteiger partial charge in [-0.2, -0.15) is 0 Å². The van der Waals surface area contributed by atoms with E-state index in [1.807, 2.05) is 147 Å². The molecule has 0 aromatic heterocycles. The van der Waals surface area contributed by atoms with E-state index < -0.39 is 0 Å². The van der Waals surface area contributed by atoms with Crippen LogP contribution < -0.4 is 0 Å². The lowest BCUT2D eigenvalue weighted by molar-refractivity contribution is 1.50. The van der Waals surface area contributed by atoms with Crippen molar-refractivity contribution in [3.05, 3.63) is 206 Å². The highest BCUT2D eigenvalue weighted by Crippen LogP contribution is 2.34. The third kappa shape index (κ3) is 18.7. The fourth-order valence-corrected chi connectivity index (χ4v) is 6.07. The zero-order valence-electron chi connectivity index (χ0n) is 41.6. The standard InChI is InChI=1S/C16H10.C14H10.C10H8.C6H6.8C2H6/c1-3-11-7-9-13-5-2-6-14-10-8-12(4-1)15(11)16(13)14;1-2-6-12-10-14-8-4-3-7-13(14)9-11(12)5-1;1-2-6-10-8-4-3-7-9(10)5-1;1-2-4-6-5-3-1;8*1-2/h1-10H;1-10H;1-8H;1-6H;8*1-2H3. The molecule has 0 fully saturated rings. The summed E-state index contributed by atoms with van der Waals surface area (Å²) in [7, 11) is 0. The second kappa shape index (κ2) is 39.2. The Balaban J connectivity index is 0. The molecule has 0 aliphatic heterocycles. The van der Waals surface area contributed by atoms with Gasteiger partial charge in [0.05, 0.1) is 0 Å². The monoisotopic (exact) mass is 827 g/mol. The topological polar surface area (TPSA) is 0 Å². The van der Waals surface area contributed by atoms with E-state index in [9.17, 15) is 0 Å². The van der Waals surface area contributed by atoms with Crippen LogP contribution in [0.5, 0.6) is 0 Å². The third-order valence-corrected chi connectivity index (χ3v) is 8.33. The Bertz CT molecular complexity index is 2150. The molecule has 0 heterocycles. The van der Waals surface area contributed by atoms with Gasteiger partial charge in [-0.3, -0.25) is 0 Å². The van der Waals surface area contributed by atoms with Crippen LogP contribution in [0.15, 0.2) is 206 Å². The molecule has 0 unspecified atom stereocenters. The number of rotatable bonds is 0. The summed E-state index contributed by atoms with van der Waals surface area (Å²) in [5.74, 6) is 0. The summed E-state index contributed by atoms with van der Waals surface area (Å²) >= 11 is 0. The highest BCUT2D eigenvalue weighted by atomic mass is 14.1. The molecular formula is C62H82. The summed E-state index contributed by atoms with van der Waals surface area (Å²) in [6, 6.07) is 72.0. The van der Waals surface area contributed by atoms with Gasteiger partial charge in [0.25, 0.3) is 0 Å². The smallest absolute Gasteiger partial charge is 0.00268 e. The quantitative estimate of drug-likeness (QED) is 0.106. The normalized spacial score (nSPS) is 8.65. The lowest BCUT2D eigenvalue weighted by Gasteiger charge is -2.09. The van der Waals surface area contributed by atoms with E-state index >= 15 is 0 Å². The van der Waals surface area contributed by atoms with Crippen molar-refractivity contribution in [3.63, 3.8) is 0 Å². The van der Waals surface area contributed by atoms with Gasteiger partial charge in [0, 0.05) is 0 Å². The highest BCUT2D eigenvalue weighted by molar-refractivity contribution is 6.22. The van der Waals surface area contributed by atoms with Crippen molar-refractivity contribution in [2.45, 2.75) is 111 Å². The van der Waals surface area contributed by atoms with E-state index in [0.29, 0.717) is 0 Å². The zero-order chi connectivity index (χ0) is 47.0. The Hall–Kier alpha value is -5.98. The lowest BCUT2D eigenvalue weighted by atomic mass is 9.95. The maximum absolute atomic E-state index is 2.24. The van der Waals surface area contributed by atoms with Crippen LogP contribution in [0.3, 0.4) is 0 Å². The summed E-state index contributed by atoms with van der Waals surface area (Å²) < 4.78 is 0. The first-order valence-corrected chi connectivity index (χ1v) is 23.8. The first-order chi connectivity index (χ1) is 30.8. The van der Waals surface area contributed by atoms with Gasteiger partial charge in [-0.15, -0.1) is 0 Å². The molecule has 10 aromatic rings. The van der Waals surface area contributed by atoms with Gasteiger partial charge < -0.3 is 0 Å². The maximum atomic E-state index is 2.24. The number of fused-ring (bicyclic) bond motifs is 3. The van der Waals surface area contributed by atoms with Crippen molar-refractivity contribution in [2.24, 2.45) is 0 Å². The molecule has 0 heteroatoms. The summed E-state index contributed by atoms with van der Waals surface area (Å²) in [4.78, 5) is 0. The van der Waals surface area contributed by atoms with Gasteiger partial charge in [-0.1, -0.05) is 305 Å². The molecule has 0 nitrogen and oxygen atoms in total. The molecule has 0 aliphatic rings. The molecule has 330 valence electrons. The molecule has 62 heavy (non-hydrogen) atoms. The van der Waals surface area contributed by atoms with Gasteiger partial charge in [-0.25, -0.2) is 0 Å². The van der Waals surface area contributed by atoms with Crippen molar-refractivity contribution in [1.82, 2.24) is 0 Å². The van der Waals surface area contributed by atoms with Crippen LogP contribution in [0.25, 0.3) is 64.6 Å². The third-order valence-electron chi connectivity index (χ3n) is 8.33. The van der Waals surface area contributed by atoms with Crippen LogP contribution in [0, 0.1) is 0 Å². The van der Waals surface area contributed by atoms with Crippen molar-refractivity contribution in [3.8, 4) is 0 Å². The fourth-order valence-electron chi connectivity index (χ4n) is 6.07. The summed E-state index contributed by atoms with van der Waals surface area (Å²) in [6.07, 6.45) is 0. The minimum absolute atomic E-state index is 1.31. The predicted octanol–water partition coefficient (Wildman–Crippen LogP) is 21.3. The fraction of sp³-hybridized carbons (Fsp3) is 0.258. The Morgan fingerprint density at radius 3 is 0.500 bits per heavy atom. The minimum atomic E-state index is 1.31. The minimum Gasteiger partial charge on any atom is -0.0683 e. The van der Waals surface area contributed by atoms with E-state index in [2.05, 4.69) is 170 Å². The molecule has 0 saturated heterocycles. The Morgan fingerprint density at radius 1 is 0.145 bits per heavy atom. The molecule has 0 aliphatic carbocycles. The van der Waals surface area contributed by atoms with Crippen LogP contribution in [-0.2, 0) is 0 Å². The van der Waals surface area contributed by atoms with Gasteiger partial charge >= 0.3 is 0 Å². The Kier molecular flexibility index (Phi) is 36.7. The maximum Gasteiger partial charge on any atom is -0.00268 e. The molecule has 0 spiro atoms. The molecule has 0 amide bonds. The van der Waals surface area contributed by atoms with Crippen molar-refractivity contribution in [2.75, 3.05) is 0 Å². The van der Waals surface area contributed by atoms with Crippen molar-refractivity contribution in [1.29, 1.82) is 0 Å². The van der Waals surface area contributed by atoms with Gasteiger partial charge in [0.2, 0.25) is 0 Å². The van der Waals surface area contributed by atoms with E-state index in [0.717, 1.165) is 0 Å². The van der Waals surface area contributed by atoms with Gasteiger partial charge in [0.15, 0.2) is 0 Å². The van der Waals surface area contributed by atoms with Crippen LogP contribution >= 0.6 is 0 Å². The van der Waals surface area contributed by atoms with Crippen molar-refractivity contribution < 1.29 is 0 Å². The SMILES string of the molecule is CC.CC.CC.CC.CC.CC.CC.CC.c1cc2ccc3cccc4ccc(c1)c2c34.c1ccc2cc3ccccc3cc2c1.c1ccc2ccccc2c1.c1ccccc1. The Labute approximate surface area is 380 Å². The summed E-state index contributed by atoms with van der Waals surface area (Å²) in [5.41, 5.74) is 0. The van der Waals surface area contributed by atoms with Crippen LogP contribution in [0.2, 0.25) is 0 Å². The number of hydrogen-bond donors (Lipinski definition) is 0. The Morgan fingerprint density at radius 2 is 0.306 bits per heavy atom. The van der Waals surface area contributed by atoms with Crippen molar-refractivity contribution >= 4 is 64.6 Å². The number of hydrogen-bond acceptors (Lipinski definition) is 0. The van der Waals surface area contributed by atoms with E-state index in [1.165, 1.54) is 64.6 Å². The summed E-state index contributed by atoms with van der Waals surface area (Å²) in [5, 5.41) is 16.0.